The summed E-state index contributed by atoms with van der Waals surface area (Å²) in [5.74, 6) is -0.238. The summed E-state index contributed by atoms with van der Waals surface area (Å²) >= 11 is 1.36. The molecule has 4 rings (SSSR count). The molecule has 0 unspecified atom stereocenters. The smallest absolute Gasteiger partial charge is 0.344 e. The third-order valence-electron chi connectivity index (χ3n) is 4.68. The molecular formula is C24H21N3O4S. The van der Waals surface area contributed by atoms with Crippen molar-refractivity contribution >= 4 is 40.1 Å². The van der Waals surface area contributed by atoms with Gasteiger partial charge in [0, 0.05) is 16.5 Å². The lowest BCUT2D eigenvalue weighted by Crippen LogP contribution is -2.21. The fraction of sp³-hybridized carbons (Fsp3) is 0.167. The second-order valence-electron chi connectivity index (χ2n) is 6.87. The maximum atomic E-state index is 13.1. The van der Waals surface area contributed by atoms with E-state index in [9.17, 15) is 9.59 Å². The van der Waals surface area contributed by atoms with Crippen LogP contribution in [-0.2, 0) is 14.3 Å². The molecule has 0 aliphatic carbocycles. The summed E-state index contributed by atoms with van der Waals surface area (Å²) in [5, 5.41) is 8.15. The Labute approximate surface area is 189 Å². The zero-order valence-corrected chi connectivity index (χ0v) is 18.5. The van der Waals surface area contributed by atoms with Crippen molar-refractivity contribution in [2.45, 2.75) is 13.8 Å². The number of nitrogens with zero attached hydrogens (tertiary/aromatic N) is 3. The molecule has 8 heteroatoms. The van der Waals surface area contributed by atoms with Crippen LogP contribution in [0.2, 0.25) is 0 Å². The van der Waals surface area contributed by atoms with Gasteiger partial charge in [0.25, 0.3) is 5.91 Å². The van der Waals surface area contributed by atoms with E-state index in [4.69, 9.17) is 9.47 Å². The first-order valence-electron chi connectivity index (χ1n) is 10.1. The summed E-state index contributed by atoms with van der Waals surface area (Å²) < 4.78 is 10.5. The maximum Gasteiger partial charge on any atom is 0.344 e. The molecule has 162 valence electrons. The quantitative estimate of drug-likeness (QED) is 0.392. The van der Waals surface area contributed by atoms with E-state index < -0.39 is 5.97 Å². The van der Waals surface area contributed by atoms with E-state index >= 15 is 0 Å². The number of esters is 1. The Bertz CT molecular complexity index is 1200. The monoisotopic (exact) mass is 447 g/mol. The molecule has 2 heterocycles. The van der Waals surface area contributed by atoms with Crippen LogP contribution in [0.4, 0.5) is 5.13 Å². The SMILES string of the molecule is CCOC(=O)COc1ccccc1/C=C1/C(=O)N(c2nc(-c3ccccc3)cs2)N=C1C. The molecule has 0 saturated heterocycles. The first kappa shape index (κ1) is 21.5. The number of ether oxygens (including phenoxy) is 2. The van der Waals surface area contributed by atoms with Gasteiger partial charge in [0.2, 0.25) is 5.13 Å². The lowest BCUT2D eigenvalue weighted by molar-refractivity contribution is -0.145. The summed E-state index contributed by atoms with van der Waals surface area (Å²) in [6, 6.07) is 17.0. The van der Waals surface area contributed by atoms with Crippen LogP contribution in [0.1, 0.15) is 19.4 Å². The van der Waals surface area contributed by atoms with Crippen LogP contribution in [0.3, 0.4) is 0 Å². The molecule has 7 nitrogen and oxygen atoms in total. The number of hydrogen-bond donors (Lipinski definition) is 0. The second kappa shape index (κ2) is 9.57. The molecule has 32 heavy (non-hydrogen) atoms. The summed E-state index contributed by atoms with van der Waals surface area (Å²) in [4.78, 5) is 29.3. The zero-order chi connectivity index (χ0) is 22.5. The summed E-state index contributed by atoms with van der Waals surface area (Å²) in [7, 11) is 0. The minimum Gasteiger partial charge on any atom is -0.481 e. The standard InChI is InChI=1S/C24H21N3O4S/c1-3-30-22(28)14-31-21-12-8-7-11-18(21)13-19-16(2)26-27(23(19)29)24-25-20(15-32-24)17-9-5-4-6-10-17/h4-13,15H,3,14H2,1-2H3/b19-13+. The van der Waals surface area contributed by atoms with E-state index in [1.54, 1.807) is 32.1 Å². The largest absolute Gasteiger partial charge is 0.481 e. The molecule has 1 aliphatic rings. The van der Waals surface area contributed by atoms with Gasteiger partial charge >= 0.3 is 5.97 Å². The van der Waals surface area contributed by atoms with E-state index in [1.165, 1.54) is 16.3 Å². The predicted octanol–water partition coefficient (Wildman–Crippen LogP) is 4.56. The van der Waals surface area contributed by atoms with Gasteiger partial charge in [-0.25, -0.2) is 9.78 Å². The van der Waals surface area contributed by atoms with Gasteiger partial charge in [0.1, 0.15) is 5.75 Å². The molecule has 1 aliphatic heterocycles. The molecule has 0 atom stereocenters. The van der Waals surface area contributed by atoms with E-state index in [0.29, 0.717) is 27.7 Å². The molecule has 0 fully saturated rings. The fourth-order valence-corrected chi connectivity index (χ4v) is 3.92. The van der Waals surface area contributed by atoms with Gasteiger partial charge in [-0.3, -0.25) is 4.79 Å². The average molecular weight is 448 g/mol. The lowest BCUT2D eigenvalue weighted by Gasteiger charge is -2.10. The second-order valence-corrected chi connectivity index (χ2v) is 7.71. The fourth-order valence-electron chi connectivity index (χ4n) is 3.14. The average Bonchev–Trinajstić information content (AvgIpc) is 3.40. The van der Waals surface area contributed by atoms with Crippen molar-refractivity contribution in [2.24, 2.45) is 5.10 Å². The summed E-state index contributed by atoms with van der Waals surface area (Å²) in [6.45, 7) is 3.60. The number of anilines is 1. The molecule has 0 spiro atoms. The number of carbonyl (C=O) groups is 2. The molecule has 0 N–H and O–H groups in total. The third kappa shape index (κ3) is 4.60. The van der Waals surface area contributed by atoms with Gasteiger partial charge < -0.3 is 9.47 Å². The van der Waals surface area contributed by atoms with Crippen molar-refractivity contribution in [2.75, 3.05) is 18.2 Å². The Morgan fingerprint density at radius 1 is 1.12 bits per heavy atom. The molecule has 1 amide bonds. The highest BCUT2D eigenvalue weighted by atomic mass is 32.1. The number of thiazole rings is 1. The number of hydrazone groups is 1. The summed E-state index contributed by atoms with van der Waals surface area (Å²) in [6.07, 6.45) is 1.72. The number of para-hydroxylation sites is 1. The minimum absolute atomic E-state index is 0.206. The number of benzene rings is 2. The van der Waals surface area contributed by atoms with Crippen molar-refractivity contribution < 1.29 is 19.1 Å². The Hall–Kier alpha value is -3.78. The highest BCUT2D eigenvalue weighted by Crippen LogP contribution is 2.32. The van der Waals surface area contributed by atoms with Crippen LogP contribution in [0.5, 0.6) is 5.75 Å². The van der Waals surface area contributed by atoms with Gasteiger partial charge in [-0.2, -0.15) is 10.1 Å². The predicted molar refractivity (Wildman–Crippen MR) is 125 cm³/mol. The van der Waals surface area contributed by atoms with Crippen LogP contribution in [0.25, 0.3) is 17.3 Å². The van der Waals surface area contributed by atoms with Gasteiger partial charge in [-0.15, -0.1) is 11.3 Å². The van der Waals surface area contributed by atoms with Crippen LogP contribution < -0.4 is 9.75 Å². The topological polar surface area (TPSA) is 81.1 Å². The minimum atomic E-state index is -0.450. The number of rotatable bonds is 7. The first-order chi connectivity index (χ1) is 15.6. The maximum absolute atomic E-state index is 13.1. The summed E-state index contributed by atoms with van der Waals surface area (Å²) in [5.41, 5.74) is 3.45. The van der Waals surface area contributed by atoms with Crippen LogP contribution in [0.15, 0.2) is 70.7 Å². The number of carbonyl (C=O) groups excluding carboxylic acids is 2. The van der Waals surface area contributed by atoms with Crippen molar-refractivity contribution in [3.8, 4) is 17.0 Å². The van der Waals surface area contributed by atoms with E-state index in [0.717, 1.165) is 11.3 Å². The Morgan fingerprint density at radius 3 is 2.66 bits per heavy atom. The van der Waals surface area contributed by atoms with Gasteiger partial charge in [-0.1, -0.05) is 48.5 Å². The number of amides is 1. The molecule has 2 aromatic carbocycles. The Balaban J connectivity index is 1.56. The molecule has 0 radical (unpaired) electrons. The number of aromatic nitrogens is 1. The highest BCUT2D eigenvalue weighted by Gasteiger charge is 2.31. The molecular weight excluding hydrogens is 426 g/mol. The number of hydrogen-bond acceptors (Lipinski definition) is 7. The van der Waals surface area contributed by atoms with Gasteiger partial charge in [-0.05, 0) is 26.0 Å². The third-order valence-corrected chi connectivity index (χ3v) is 5.49. The van der Waals surface area contributed by atoms with E-state index in [-0.39, 0.29) is 19.1 Å². The van der Waals surface area contributed by atoms with E-state index in [1.807, 2.05) is 47.8 Å². The van der Waals surface area contributed by atoms with E-state index in [2.05, 4.69) is 10.1 Å². The van der Waals surface area contributed by atoms with Gasteiger partial charge in [0.15, 0.2) is 6.61 Å². The lowest BCUT2D eigenvalue weighted by atomic mass is 10.1. The van der Waals surface area contributed by atoms with Crippen molar-refractivity contribution in [3.05, 3.63) is 71.1 Å². The van der Waals surface area contributed by atoms with Crippen molar-refractivity contribution in [1.82, 2.24) is 4.98 Å². The molecule has 1 aromatic heterocycles. The van der Waals surface area contributed by atoms with Crippen molar-refractivity contribution in [3.63, 3.8) is 0 Å². The van der Waals surface area contributed by atoms with Crippen LogP contribution >= 0.6 is 11.3 Å². The molecule has 3 aromatic rings. The van der Waals surface area contributed by atoms with Crippen LogP contribution in [-0.4, -0.2) is 35.8 Å². The van der Waals surface area contributed by atoms with Gasteiger partial charge in [0.05, 0.1) is 23.6 Å². The van der Waals surface area contributed by atoms with Crippen LogP contribution in [0, 0.1) is 0 Å². The molecule has 0 bridgehead atoms. The van der Waals surface area contributed by atoms with Crippen molar-refractivity contribution in [1.29, 1.82) is 0 Å². The Morgan fingerprint density at radius 2 is 1.88 bits per heavy atom. The zero-order valence-electron chi connectivity index (χ0n) is 17.6. The highest BCUT2D eigenvalue weighted by molar-refractivity contribution is 7.14. The molecule has 0 saturated carbocycles. The Kier molecular flexibility index (Phi) is 6.42. The normalized spacial score (nSPS) is 14.6. The first-order valence-corrected chi connectivity index (χ1v) is 10.9.